The Bertz CT molecular complexity index is 667. The van der Waals surface area contributed by atoms with E-state index in [4.69, 9.17) is 4.42 Å². The Labute approximate surface area is 135 Å². The van der Waals surface area contributed by atoms with Crippen LogP contribution in [0.5, 0.6) is 0 Å². The van der Waals surface area contributed by atoms with Crippen molar-refractivity contribution in [3.63, 3.8) is 0 Å². The van der Waals surface area contributed by atoms with E-state index < -0.39 is 6.04 Å². The third-order valence-electron chi connectivity index (χ3n) is 4.20. The van der Waals surface area contributed by atoms with E-state index in [2.05, 4.69) is 5.32 Å². The molecule has 2 aromatic rings. The molecule has 1 fully saturated rings. The van der Waals surface area contributed by atoms with Crippen molar-refractivity contribution in [2.24, 2.45) is 0 Å². The van der Waals surface area contributed by atoms with Crippen molar-refractivity contribution in [3.8, 4) is 0 Å². The molecule has 0 saturated carbocycles. The largest absolute Gasteiger partial charge is 0.467 e. The minimum Gasteiger partial charge on any atom is -0.467 e. The lowest BCUT2D eigenvalue weighted by molar-refractivity contribution is -0.136. The van der Waals surface area contributed by atoms with Crippen LogP contribution in [0, 0.1) is 0 Å². The van der Waals surface area contributed by atoms with E-state index in [1.54, 1.807) is 17.2 Å². The molecule has 2 atom stereocenters. The van der Waals surface area contributed by atoms with E-state index in [1.807, 2.05) is 43.3 Å². The van der Waals surface area contributed by atoms with E-state index in [-0.39, 0.29) is 17.9 Å². The van der Waals surface area contributed by atoms with Gasteiger partial charge in [-0.05, 0) is 31.0 Å². The summed E-state index contributed by atoms with van der Waals surface area (Å²) in [6.07, 6.45) is 2.52. The lowest BCUT2D eigenvalue weighted by atomic mass is 10.1. The van der Waals surface area contributed by atoms with E-state index >= 15 is 0 Å². The summed E-state index contributed by atoms with van der Waals surface area (Å²) in [5.74, 6) is 0.571. The van der Waals surface area contributed by atoms with Crippen molar-refractivity contribution in [2.45, 2.75) is 38.4 Å². The van der Waals surface area contributed by atoms with E-state index in [9.17, 15) is 9.59 Å². The molecular weight excluding hydrogens is 292 g/mol. The molecule has 120 valence electrons. The Kier molecular flexibility index (Phi) is 4.46. The zero-order valence-corrected chi connectivity index (χ0v) is 13.1. The van der Waals surface area contributed by atoms with Gasteiger partial charge in [0.05, 0.1) is 18.8 Å². The maximum Gasteiger partial charge on any atom is 0.243 e. The number of nitrogens with zero attached hydrogens (tertiary/aromatic N) is 1. The summed E-state index contributed by atoms with van der Waals surface area (Å²) in [6.45, 7) is 2.28. The quantitative estimate of drug-likeness (QED) is 0.923. The van der Waals surface area contributed by atoms with Crippen molar-refractivity contribution >= 4 is 11.8 Å². The standard InChI is InChI=1S/C18H20N2O3/c1-13(14-6-3-2-4-7-14)19-18(22)16-9-10-17(21)20(16)12-15-8-5-11-23-15/h2-8,11,13,16H,9-10,12H2,1H3,(H,19,22)/t13?,16-/m0/s1. The van der Waals surface area contributed by atoms with Gasteiger partial charge in [-0.1, -0.05) is 30.3 Å². The number of likely N-dealkylation sites (tertiary alicyclic amines) is 1. The summed E-state index contributed by atoms with van der Waals surface area (Å²) in [5, 5.41) is 3.00. The highest BCUT2D eigenvalue weighted by molar-refractivity contribution is 5.91. The highest BCUT2D eigenvalue weighted by Gasteiger charge is 2.36. The molecule has 1 N–H and O–H groups in total. The molecule has 2 heterocycles. The number of rotatable bonds is 5. The molecule has 2 amide bonds. The highest BCUT2D eigenvalue weighted by Crippen LogP contribution is 2.23. The lowest BCUT2D eigenvalue weighted by Gasteiger charge is -2.25. The highest BCUT2D eigenvalue weighted by atomic mass is 16.3. The normalized spacial score (nSPS) is 18.9. The first-order valence-corrected chi connectivity index (χ1v) is 7.82. The van der Waals surface area contributed by atoms with Crippen LogP contribution in [0.4, 0.5) is 0 Å². The van der Waals surface area contributed by atoms with E-state index in [0.29, 0.717) is 25.1 Å². The van der Waals surface area contributed by atoms with Crippen LogP contribution < -0.4 is 5.32 Å². The number of hydrogen-bond acceptors (Lipinski definition) is 3. The topological polar surface area (TPSA) is 62.6 Å². The van der Waals surface area contributed by atoms with E-state index in [0.717, 1.165) is 5.56 Å². The summed E-state index contributed by atoms with van der Waals surface area (Å²) >= 11 is 0. The van der Waals surface area contributed by atoms with Gasteiger partial charge in [-0.2, -0.15) is 0 Å². The van der Waals surface area contributed by atoms with Gasteiger partial charge >= 0.3 is 0 Å². The second-order valence-corrected chi connectivity index (χ2v) is 5.80. The number of benzene rings is 1. The minimum absolute atomic E-state index is 0.00564. The Morgan fingerprint density at radius 1 is 1.30 bits per heavy atom. The van der Waals surface area contributed by atoms with Crippen LogP contribution in [-0.2, 0) is 16.1 Å². The fraction of sp³-hybridized carbons (Fsp3) is 0.333. The monoisotopic (exact) mass is 312 g/mol. The van der Waals surface area contributed by atoms with E-state index in [1.165, 1.54) is 0 Å². The third-order valence-corrected chi connectivity index (χ3v) is 4.20. The Hall–Kier alpha value is -2.56. The smallest absolute Gasteiger partial charge is 0.243 e. The van der Waals surface area contributed by atoms with Crippen molar-refractivity contribution in [3.05, 3.63) is 60.1 Å². The SMILES string of the molecule is CC(NC(=O)[C@@H]1CCC(=O)N1Cc1ccco1)c1ccccc1. The first-order valence-electron chi connectivity index (χ1n) is 7.82. The number of carbonyl (C=O) groups is 2. The van der Waals surface area contributed by atoms with Gasteiger partial charge in [0.15, 0.2) is 0 Å². The molecule has 5 heteroatoms. The minimum atomic E-state index is -0.432. The molecule has 0 spiro atoms. The Morgan fingerprint density at radius 2 is 2.09 bits per heavy atom. The second-order valence-electron chi connectivity index (χ2n) is 5.80. The third kappa shape index (κ3) is 3.44. The summed E-state index contributed by atoms with van der Waals surface area (Å²) in [7, 11) is 0. The maximum absolute atomic E-state index is 12.6. The molecule has 3 rings (SSSR count). The zero-order valence-electron chi connectivity index (χ0n) is 13.1. The van der Waals surface area contributed by atoms with Crippen molar-refractivity contribution in [1.82, 2.24) is 10.2 Å². The molecule has 1 aliphatic rings. The van der Waals surface area contributed by atoms with Crippen LogP contribution in [0.25, 0.3) is 0 Å². The Morgan fingerprint density at radius 3 is 2.78 bits per heavy atom. The molecule has 1 aromatic carbocycles. The molecule has 1 unspecified atom stereocenters. The molecular formula is C18H20N2O3. The number of hydrogen-bond donors (Lipinski definition) is 1. The summed E-state index contributed by atoms with van der Waals surface area (Å²) in [4.78, 5) is 26.3. The fourth-order valence-corrected chi connectivity index (χ4v) is 2.91. The zero-order chi connectivity index (χ0) is 16.2. The predicted molar refractivity (Wildman–Crippen MR) is 85.3 cm³/mol. The van der Waals surface area contributed by atoms with Gasteiger partial charge in [-0.15, -0.1) is 0 Å². The first-order chi connectivity index (χ1) is 11.1. The van der Waals surface area contributed by atoms with Crippen LogP contribution in [0.15, 0.2) is 53.1 Å². The number of amides is 2. The second kappa shape index (κ2) is 6.69. The van der Waals surface area contributed by atoms with Crippen molar-refractivity contribution < 1.29 is 14.0 Å². The van der Waals surface area contributed by atoms with Crippen LogP contribution >= 0.6 is 0 Å². The van der Waals surface area contributed by atoms with Gasteiger partial charge in [-0.3, -0.25) is 9.59 Å². The molecule has 1 saturated heterocycles. The molecule has 1 aliphatic heterocycles. The molecule has 0 radical (unpaired) electrons. The van der Waals surface area contributed by atoms with Crippen LogP contribution in [-0.4, -0.2) is 22.8 Å². The van der Waals surface area contributed by atoms with Gasteiger partial charge in [0.1, 0.15) is 11.8 Å². The summed E-state index contributed by atoms with van der Waals surface area (Å²) < 4.78 is 5.30. The molecule has 0 bridgehead atoms. The van der Waals surface area contributed by atoms with Gasteiger partial charge in [0.2, 0.25) is 11.8 Å². The van der Waals surface area contributed by atoms with Gasteiger partial charge in [-0.25, -0.2) is 0 Å². The van der Waals surface area contributed by atoms with Crippen LogP contribution in [0.3, 0.4) is 0 Å². The van der Waals surface area contributed by atoms with Crippen molar-refractivity contribution in [1.29, 1.82) is 0 Å². The lowest BCUT2D eigenvalue weighted by Crippen LogP contribution is -2.44. The number of nitrogens with one attached hydrogen (secondary N) is 1. The summed E-state index contributed by atoms with van der Waals surface area (Å²) in [5.41, 5.74) is 1.04. The average molecular weight is 312 g/mol. The van der Waals surface area contributed by atoms with Crippen molar-refractivity contribution in [2.75, 3.05) is 0 Å². The molecule has 1 aromatic heterocycles. The maximum atomic E-state index is 12.6. The van der Waals surface area contributed by atoms with Crippen LogP contribution in [0.1, 0.15) is 37.1 Å². The molecule has 23 heavy (non-hydrogen) atoms. The van der Waals surface area contributed by atoms with Gasteiger partial charge < -0.3 is 14.6 Å². The molecule has 5 nitrogen and oxygen atoms in total. The van der Waals surface area contributed by atoms with Gasteiger partial charge in [0.25, 0.3) is 0 Å². The summed E-state index contributed by atoms with van der Waals surface area (Å²) in [6, 6.07) is 12.9. The van der Waals surface area contributed by atoms with Crippen LogP contribution in [0.2, 0.25) is 0 Å². The first kappa shape index (κ1) is 15.3. The fourth-order valence-electron chi connectivity index (χ4n) is 2.91. The number of furan rings is 1. The molecule has 0 aliphatic carbocycles. The van der Waals surface area contributed by atoms with Gasteiger partial charge in [0, 0.05) is 6.42 Å². The predicted octanol–water partition coefficient (Wildman–Crippen LogP) is 2.65. The Balaban J connectivity index is 1.67. The average Bonchev–Trinajstić information content (AvgIpc) is 3.19. The number of carbonyl (C=O) groups excluding carboxylic acids is 2.